The van der Waals surface area contributed by atoms with Gasteiger partial charge in [0.25, 0.3) is 0 Å². The fourth-order valence-corrected chi connectivity index (χ4v) is 5.99. The van der Waals surface area contributed by atoms with Crippen LogP contribution in [0.1, 0.15) is 31.7 Å². The van der Waals surface area contributed by atoms with E-state index in [9.17, 15) is 4.21 Å². The van der Waals surface area contributed by atoms with Crippen LogP contribution >= 0.6 is 0 Å². The van der Waals surface area contributed by atoms with Gasteiger partial charge in [0.2, 0.25) is 6.79 Å². The first-order chi connectivity index (χ1) is 10.7. The maximum absolute atomic E-state index is 12.9. The molecule has 3 atom stereocenters. The molecule has 0 bridgehead atoms. The van der Waals surface area contributed by atoms with Crippen molar-refractivity contribution >= 4 is 10.8 Å². The lowest BCUT2D eigenvalue weighted by Gasteiger charge is -2.46. The Hall–Kier alpha value is -1.33. The number of nitrogens with one attached hydrogen (secondary N) is 1. The molecule has 1 N–H and O–H groups in total. The van der Waals surface area contributed by atoms with Gasteiger partial charge in [0.05, 0.1) is 10.3 Å². The predicted molar refractivity (Wildman–Crippen MR) is 86.7 cm³/mol. The molecule has 1 aliphatic carbocycles. The number of allylic oxidation sites excluding steroid dienone is 1. The van der Waals surface area contributed by atoms with E-state index >= 15 is 0 Å². The van der Waals surface area contributed by atoms with E-state index < -0.39 is 10.8 Å². The summed E-state index contributed by atoms with van der Waals surface area (Å²) in [6, 6.07) is 6.15. The zero-order chi connectivity index (χ0) is 15.2. The van der Waals surface area contributed by atoms with Crippen molar-refractivity contribution in [1.82, 2.24) is 5.32 Å². The van der Waals surface area contributed by atoms with Crippen molar-refractivity contribution < 1.29 is 13.7 Å². The molecule has 2 aliphatic heterocycles. The van der Waals surface area contributed by atoms with E-state index in [4.69, 9.17) is 9.47 Å². The van der Waals surface area contributed by atoms with Gasteiger partial charge in [-0.05, 0) is 43.5 Å². The van der Waals surface area contributed by atoms with Gasteiger partial charge in [-0.25, -0.2) is 0 Å². The van der Waals surface area contributed by atoms with E-state index in [2.05, 4.69) is 29.6 Å². The van der Waals surface area contributed by atoms with Crippen LogP contribution in [0.5, 0.6) is 11.5 Å². The van der Waals surface area contributed by atoms with Gasteiger partial charge in [0.1, 0.15) is 0 Å². The third-order valence-electron chi connectivity index (χ3n) is 5.25. The summed E-state index contributed by atoms with van der Waals surface area (Å²) in [4.78, 5) is 0. The average Bonchev–Trinajstić information content (AvgIpc) is 3.18. The van der Waals surface area contributed by atoms with Crippen LogP contribution in [0.4, 0.5) is 0 Å². The van der Waals surface area contributed by atoms with E-state index in [1.165, 1.54) is 5.56 Å². The van der Waals surface area contributed by atoms with E-state index in [-0.39, 0.29) is 17.1 Å². The summed E-state index contributed by atoms with van der Waals surface area (Å²) in [6.07, 6.45) is 7.30. The standard InChI is InChI=1S/C17H21NO3S/c1-2-22(19)16-7-3-4-8-17(16,18-10-9-16)13-5-6-14-15(11-13)21-12-20-14/h3,5-7,11,18H,2,4,8-10,12H2,1H3/t16-,17-,22?/m1/s1. The Morgan fingerprint density at radius 1 is 1.27 bits per heavy atom. The second kappa shape index (κ2) is 5.10. The van der Waals surface area contributed by atoms with E-state index in [0.29, 0.717) is 5.75 Å². The highest BCUT2D eigenvalue weighted by Crippen LogP contribution is 2.51. The van der Waals surface area contributed by atoms with Gasteiger partial charge in [0, 0.05) is 16.6 Å². The lowest BCUT2D eigenvalue weighted by atomic mass is 9.72. The monoisotopic (exact) mass is 319 g/mol. The van der Waals surface area contributed by atoms with Gasteiger partial charge in [-0.1, -0.05) is 25.1 Å². The van der Waals surface area contributed by atoms with Gasteiger partial charge in [-0.3, -0.25) is 4.21 Å². The molecule has 22 heavy (non-hydrogen) atoms. The zero-order valence-electron chi connectivity index (χ0n) is 12.8. The van der Waals surface area contributed by atoms with Crippen LogP contribution < -0.4 is 14.8 Å². The lowest BCUT2D eigenvalue weighted by Crippen LogP contribution is -2.56. The second-order valence-corrected chi connectivity index (χ2v) is 8.11. The van der Waals surface area contributed by atoms with E-state index in [1.54, 1.807) is 0 Å². The maximum atomic E-state index is 12.9. The van der Waals surface area contributed by atoms with Crippen LogP contribution in [0, 0.1) is 0 Å². The zero-order valence-corrected chi connectivity index (χ0v) is 13.6. The first-order valence-corrected chi connectivity index (χ1v) is 9.25. The summed E-state index contributed by atoms with van der Waals surface area (Å²) in [5, 5.41) is 3.69. The molecule has 1 saturated heterocycles. The molecule has 1 aromatic rings. The Kier molecular flexibility index (Phi) is 3.31. The SMILES string of the molecule is CCS(=O)[C@@]12C=CCC[C@]1(c1ccc3c(c1)OCO3)NCC2. The summed E-state index contributed by atoms with van der Waals surface area (Å²) in [6.45, 7) is 3.19. The van der Waals surface area contributed by atoms with Crippen molar-refractivity contribution in [3.8, 4) is 11.5 Å². The molecular formula is C17H21NO3S. The summed E-state index contributed by atoms with van der Waals surface area (Å²) < 4.78 is 23.6. The van der Waals surface area contributed by atoms with Crippen molar-refractivity contribution in [3.05, 3.63) is 35.9 Å². The minimum atomic E-state index is -0.899. The van der Waals surface area contributed by atoms with Crippen molar-refractivity contribution in [3.63, 3.8) is 0 Å². The molecule has 0 aromatic heterocycles. The number of ether oxygens (including phenoxy) is 2. The molecule has 4 nitrogen and oxygen atoms in total. The normalized spacial score (nSPS) is 33.7. The highest BCUT2D eigenvalue weighted by atomic mass is 32.2. The van der Waals surface area contributed by atoms with Gasteiger partial charge < -0.3 is 14.8 Å². The number of hydrogen-bond donors (Lipinski definition) is 1. The van der Waals surface area contributed by atoms with Crippen LogP contribution in [-0.2, 0) is 16.3 Å². The van der Waals surface area contributed by atoms with Crippen LogP contribution in [0.15, 0.2) is 30.4 Å². The average molecular weight is 319 g/mol. The topological polar surface area (TPSA) is 47.6 Å². The summed E-state index contributed by atoms with van der Waals surface area (Å²) in [5.74, 6) is 2.27. The number of benzene rings is 1. The molecule has 2 heterocycles. The number of rotatable bonds is 3. The largest absolute Gasteiger partial charge is 0.454 e. The van der Waals surface area contributed by atoms with Crippen LogP contribution in [0.2, 0.25) is 0 Å². The van der Waals surface area contributed by atoms with Crippen molar-refractivity contribution in [1.29, 1.82) is 0 Å². The maximum Gasteiger partial charge on any atom is 0.231 e. The predicted octanol–water partition coefficient (Wildman–Crippen LogP) is 2.46. The third-order valence-corrected chi connectivity index (χ3v) is 7.28. The Morgan fingerprint density at radius 2 is 2.14 bits per heavy atom. The minimum Gasteiger partial charge on any atom is -0.454 e. The second-order valence-electron chi connectivity index (χ2n) is 6.11. The van der Waals surface area contributed by atoms with E-state index in [0.717, 1.165) is 37.3 Å². The van der Waals surface area contributed by atoms with Crippen molar-refractivity contribution in [2.75, 3.05) is 19.1 Å². The Labute approximate surface area is 133 Å². The fourth-order valence-electron chi connectivity index (χ4n) is 4.22. The third kappa shape index (κ3) is 1.75. The molecule has 1 fully saturated rings. The minimum absolute atomic E-state index is 0.260. The quantitative estimate of drug-likeness (QED) is 0.870. The Morgan fingerprint density at radius 3 is 3.00 bits per heavy atom. The summed E-state index contributed by atoms with van der Waals surface area (Å²) >= 11 is 0. The molecule has 3 aliphatic rings. The van der Waals surface area contributed by atoms with Gasteiger partial charge in [0.15, 0.2) is 11.5 Å². The molecule has 1 unspecified atom stereocenters. The Bertz CT molecular complexity index is 659. The molecule has 0 saturated carbocycles. The number of hydrogen-bond acceptors (Lipinski definition) is 4. The Balaban J connectivity index is 1.87. The van der Waals surface area contributed by atoms with Crippen LogP contribution in [-0.4, -0.2) is 28.0 Å². The first-order valence-electron chi connectivity index (χ1n) is 7.93. The van der Waals surface area contributed by atoms with Gasteiger partial charge in [-0.15, -0.1) is 0 Å². The van der Waals surface area contributed by atoms with Crippen molar-refractivity contribution in [2.24, 2.45) is 0 Å². The van der Waals surface area contributed by atoms with E-state index in [1.807, 2.05) is 13.0 Å². The number of fused-ring (bicyclic) bond motifs is 2. The fraction of sp³-hybridized carbons (Fsp3) is 0.529. The lowest BCUT2D eigenvalue weighted by molar-refractivity contribution is 0.174. The van der Waals surface area contributed by atoms with Gasteiger partial charge in [-0.2, -0.15) is 0 Å². The molecular weight excluding hydrogens is 298 g/mol. The smallest absolute Gasteiger partial charge is 0.231 e. The molecule has 0 spiro atoms. The molecule has 4 rings (SSSR count). The molecule has 118 valence electrons. The highest BCUT2D eigenvalue weighted by Gasteiger charge is 2.58. The highest BCUT2D eigenvalue weighted by molar-refractivity contribution is 7.86. The van der Waals surface area contributed by atoms with Crippen molar-refractivity contribution in [2.45, 2.75) is 36.5 Å². The first kappa shape index (κ1) is 14.3. The summed E-state index contributed by atoms with van der Waals surface area (Å²) in [7, 11) is -0.899. The molecule has 0 radical (unpaired) electrons. The van der Waals surface area contributed by atoms with Crippen LogP contribution in [0.3, 0.4) is 0 Å². The van der Waals surface area contributed by atoms with Crippen LogP contribution in [0.25, 0.3) is 0 Å². The molecule has 0 amide bonds. The van der Waals surface area contributed by atoms with Gasteiger partial charge >= 0.3 is 0 Å². The molecule has 1 aromatic carbocycles. The molecule has 5 heteroatoms. The summed E-state index contributed by atoms with van der Waals surface area (Å²) in [5.41, 5.74) is 0.907.